The van der Waals surface area contributed by atoms with E-state index in [1.54, 1.807) is 0 Å². The number of benzene rings is 1. The van der Waals surface area contributed by atoms with Crippen molar-refractivity contribution in [3.05, 3.63) is 23.2 Å². The van der Waals surface area contributed by atoms with Crippen molar-refractivity contribution in [2.75, 3.05) is 5.73 Å². The van der Waals surface area contributed by atoms with Gasteiger partial charge in [0.15, 0.2) is 0 Å². The summed E-state index contributed by atoms with van der Waals surface area (Å²) in [5, 5.41) is 0.738. The van der Waals surface area contributed by atoms with Crippen LogP contribution in [0.1, 0.15) is 25.8 Å². The van der Waals surface area contributed by atoms with Gasteiger partial charge in [-0.25, -0.2) is 4.98 Å². The fourth-order valence-electron chi connectivity index (χ4n) is 2.42. The molecule has 0 radical (unpaired) electrons. The minimum Gasteiger partial charge on any atom is -0.369 e. The van der Waals surface area contributed by atoms with Gasteiger partial charge in [0.05, 0.1) is 11.0 Å². The monoisotopic (exact) mass is 235 g/mol. The van der Waals surface area contributed by atoms with E-state index < -0.39 is 0 Å². The van der Waals surface area contributed by atoms with Crippen LogP contribution in [-0.4, -0.2) is 9.55 Å². The number of anilines is 1. The molecule has 1 fully saturated rings. The predicted molar refractivity (Wildman–Crippen MR) is 66.6 cm³/mol. The van der Waals surface area contributed by atoms with Gasteiger partial charge in [0, 0.05) is 11.1 Å². The number of hydrogen-bond donors (Lipinski definition) is 1. The summed E-state index contributed by atoms with van der Waals surface area (Å²) in [6.07, 6.45) is 2.41. The molecule has 0 amide bonds. The van der Waals surface area contributed by atoms with Crippen molar-refractivity contribution < 1.29 is 0 Å². The number of imidazole rings is 1. The van der Waals surface area contributed by atoms with Crippen LogP contribution in [-0.2, 0) is 0 Å². The lowest BCUT2D eigenvalue weighted by molar-refractivity contribution is 0.661. The molecule has 2 unspecified atom stereocenters. The maximum Gasteiger partial charge on any atom is 0.201 e. The average Bonchev–Trinajstić information content (AvgIpc) is 2.95. The zero-order chi connectivity index (χ0) is 11.3. The first kappa shape index (κ1) is 9.97. The van der Waals surface area contributed by atoms with Crippen LogP contribution in [0.3, 0.4) is 0 Å². The van der Waals surface area contributed by atoms with Gasteiger partial charge in [-0.3, -0.25) is 0 Å². The molecule has 0 bridgehead atoms. The molecule has 16 heavy (non-hydrogen) atoms. The first-order chi connectivity index (χ1) is 7.70. The molecule has 0 saturated heterocycles. The molecule has 2 atom stereocenters. The molecular weight excluding hydrogens is 222 g/mol. The van der Waals surface area contributed by atoms with Crippen LogP contribution < -0.4 is 5.73 Å². The second-order valence-corrected chi connectivity index (χ2v) is 4.88. The van der Waals surface area contributed by atoms with Gasteiger partial charge in [-0.15, -0.1) is 0 Å². The Balaban J connectivity index is 2.15. The average molecular weight is 236 g/mol. The van der Waals surface area contributed by atoms with E-state index in [1.165, 1.54) is 12.8 Å². The molecule has 1 saturated carbocycles. The maximum absolute atomic E-state index is 6.01. The summed E-state index contributed by atoms with van der Waals surface area (Å²) < 4.78 is 2.13. The molecule has 0 aliphatic heterocycles. The van der Waals surface area contributed by atoms with Crippen molar-refractivity contribution in [3.8, 4) is 0 Å². The van der Waals surface area contributed by atoms with Crippen molar-refractivity contribution in [1.82, 2.24) is 9.55 Å². The molecule has 1 heterocycles. The van der Waals surface area contributed by atoms with Crippen molar-refractivity contribution in [2.45, 2.75) is 25.8 Å². The third kappa shape index (κ3) is 1.39. The minimum atomic E-state index is 0.522. The standard InChI is InChI=1S/C12H14ClN3/c1-2-7-5-10(7)16-11-6-8(13)3-4-9(11)15-12(16)14/h3-4,6-7,10H,2,5H2,1H3,(H2,14,15). The number of hydrogen-bond acceptors (Lipinski definition) is 2. The first-order valence-electron chi connectivity index (χ1n) is 5.63. The quantitative estimate of drug-likeness (QED) is 0.869. The van der Waals surface area contributed by atoms with Crippen LogP contribution in [0.5, 0.6) is 0 Å². The summed E-state index contributed by atoms with van der Waals surface area (Å²) in [5.41, 5.74) is 7.97. The molecule has 3 nitrogen and oxygen atoms in total. The Labute approximate surface area is 99.2 Å². The number of halogens is 1. The fraction of sp³-hybridized carbons (Fsp3) is 0.417. The topological polar surface area (TPSA) is 43.8 Å². The lowest BCUT2D eigenvalue weighted by atomic mass is 10.3. The Morgan fingerprint density at radius 1 is 1.56 bits per heavy atom. The number of rotatable bonds is 2. The highest BCUT2D eigenvalue weighted by molar-refractivity contribution is 6.31. The zero-order valence-corrected chi connectivity index (χ0v) is 9.91. The van der Waals surface area contributed by atoms with Gasteiger partial charge < -0.3 is 10.3 Å². The summed E-state index contributed by atoms with van der Waals surface area (Å²) in [5.74, 6) is 1.36. The van der Waals surface area contributed by atoms with E-state index >= 15 is 0 Å². The van der Waals surface area contributed by atoms with Crippen LogP contribution in [0.15, 0.2) is 18.2 Å². The molecular formula is C12H14ClN3. The molecule has 3 rings (SSSR count). The Morgan fingerprint density at radius 2 is 2.38 bits per heavy atom. The molecule has 1 aromatic carbocycles. The molecule has 2 N–H and O–H groups in total. The zero-order valence-electron chi connectivity index (χ0n) is 9.15. The fourth-order valence-corrected chi connectivity index (χ4v) is 2.59. The van der Waals surface area contributed by atoms with E-state index in [0.717, 1.165) is 22.0 Å². The van der Waals surface area contributed by atoms with E-state index in [2.05, 4.69) is 16.5 Å². The van der Waals surface area contributed by atoms with Crippen molar-refractivity contribution in [3.63, 3.8) is 0 Å². The highest BCUT2D eigenvalue weighted by Crippen LogP contribution is 2.48. The summed E-state index contributed by atoms with van der Waals surface area (Å²) in [6, 6.07) is 6.25. The second kappa shape index (κ2) is 3.39. The summed E-state index contributed by atoms with van der Waals surface area (Å²) >= 11 is 6.01. The van der Waals surface area contributed by atoms with Gasteiger partial charge in [-0.05, 0) is 30.5 Å². The van der Waals surface area contributed by atoms with E-state index in [1.807, 2.05) is 18.2 Å². The molecule has 1 aliphatic rings. The third-order valence-electron chi connectivity index (χ3n) is 3.42. The molecule has 1 aliphatic carbocycles. The number of nitrogens with two attached hydrogens (primary N) is 1. The molecule has 84 valence electrons. The van der Waals surface area contributed by atoms with E-state index in [-0.39, 0.29) is 0 Å². The van der Waals surface area contributed by atoms with Crippen LogP contribution in [0.25, 0.3) is 11.0 Å². The summed E-state index contributed by atoms with van der Waals surface area (Å²) in [7, 11) is 0. The SMILES string of the molecule is CCC1CC1n1c(N)nc2ccc(Cl)cc21. The Kier molecular flexibility index (Phi) is 2.11. The molecule has 1 aromatic heterocycles. The van der Waals surface area contributed by atoms with Crippen LogP contribution in [0.2, 0.25) is 5.02 Å². The van der Waals surface area contributed by atoms with Gasteiger partial charge >= 0.3 is 0 Å². The predicted octanol–water partition coefficient (Wildman–Crippen LogP) is 3.24. The van der Waals surface area contributed by atoms with Crippen LogP contribution in [0, 0.1) is 5.92 Å². The third-order valence-corrected chi connectivity index (χ3v) is 3.66. The van der Waals surface area contributed by atoms with Gasteiger partial charge in [0.2, 0.25) is 5.95 Å². The van der Waals surface area contributed by atoms with E-state index in [0.29, 0.717) is 12.0 Å². The summed E-state index contributed by atoms with van der Waals surface area (Å²) in [6.45, 7) is 2.22. The number of nitrogens with zero attached hydrogens (tertiary/aromatic N) is 2. The minimum absolute atomic E-state index is 0.522. The lowest BCUT2D eigenvalue weighted by Gasteiger charge is -2.05. The largest absolute Gasteiger partial charge is 0.369 e. The highest BCUT2D eigenvalue weighted by atomic mass is 35.5. The van der Waals surface area contributed by atoms with Gasteiger partial charge in [-0.1, -0.05) is 24.9 Å². The van der Waals surface area contributed by atoms with Crippen LogP contribution in [0.4, 0.5) is 5.95 Å². The molecule has 0 spiro atoms. The van der Waals surface area contributed by atoms with Gasteiger partial charge in [-0.2, -0.15) is 0 Å². The van der Waals surface area contributed by atoms with Crippen molar-refractivity contribution in [2.24, 2.45) is 5.92 Å². The summed E-state index contributed by atoms with van der Waals surface area (Å²) in [4.78, 5) is 4.37. The smallest absolute Gasteiger partial charge is 0.201 e. The molecule has 4 heteroatoms. The van der Waals surface area contributed by atoms with Crippen molar-refractivity contribution >= 4 is 28.6 Å². The van der Waals surface area contributed by atoms with Crippen LogP contribution >= 0.6 is 11.6 Å². The molecule has 2 aromatic rings. The van der Waals surface area contributed by atoms with E-state index in [9.17, 15) is 0 Å². The second-order valence-electron chi connectivity index (χ2n) is 4.44. The van der Waals surface area contributed by atoms with E-state index in [4.69, 9.17) is 17.3 Å². The number of nitrogen functional groups attached to an aromatic ring is 1. The Hall–Kier alpha value is -1.22. The highest BCUT2D eigenvalue weighted by Gasteiger charge is 2.38. The number of fused-ring (bicyclic) bond motifs is 1. The Morgan fingerprint density at radius 3 is 3.06 bits per heavy atom. The maximum atomic E-state index is 6.01. The van der Waals surface area contributed by atoms with Gasteiger partial charge in [0.25, 0.3) is 0 Å². The normalized spacial score (nSPS) is 23.9. The first-order valence-corrected chi connectivity index (χ1v) is 6.01. The van der Waals surface area contributed by atoms with Crippen molar-refractivity contribution in [1.29, 1.82) is 0 Å². The number of aromatic nitrogens is 2. The Bertz CT molecular complexity index is 546. The lowest BCUT2D eigenvalue weighted by Crippen LogP contribution is -2.02. The van der Waals surface area contributed by atoms with Gasteiger partial charge in [0.1, 0.15) is 0 Å².